The second-order valence-electron chi connectivity index (χ2n) is 4.71. The number of aromatic carboxylic acids is 1. The summed E-state index contributed by atoms with van der Waals surface area (Å²) in [5.74, 6) is -1.65. The van der Waals surface area contributed by atoms with E-state index in [0.29, 0.717) is 11.4 Å². The van der Waals surface area contributed by atoms with Crippen LogP contribution < -0.4 is 11.1 Å². The third-order valence-electron chi connectivity index (χ3n) is 3.15. The van der Waals surface area contributed by atoms with Crippen LogP contribution in [-0.2, 0) is 0 Å². The minimum Gasteiger partial charge on any atom is -0.476 e. The van der Waals surface area contributed by atoms with Gasteiger partial charge in [-0.1, -0.05) is 12.1 Å². The van der Waals surface area contributed by atoms with Gasteiger partial charge < -0.3 is 16.2 Å². The first-order chi connectivity index (χ1) is 11.6. The van der Waals surface area contributed by atoms with Crippen LogP contribution in [0.4, 0.5) is 11.5 Å². The summed E-state index contributed by atoms with van der Waals surface area (Å²) in [4.78, 5) is 31.0. The average Bonchev–Trinajstić information content (AvgIpc) is 3.06. The van der Waals surface area contributed by atoms with Crippen molar-refractivity contribution in [3.05, 3.63) is 60.3 Å². The molecule has 2 heterocycles. The molecule has 24 heavy (non-hydrogen) atoms. The van der Waals surface area contributed by atoms with Crippen LogP contribution in [-0.4, -0.2) is 36.7 Å². The number of benzene rings is 1. The maximum atomic E-state index is 12.3. The van der Waals surface area contributed by atoms with Gasteiger partial charge in [-0.15, -0.1) is 0 Å². The van der Waals surface area contributed by atoms with E-state index in [-0.39, 0.29) is 17.2 Å². The molecule has 9 nitrogen and oxygen atoms in total. The molecule has 3 rings (SSSR count). The first-order valence-electron chi connectivity index (χ1n) is 6.82. The van der Waals surface area contributed by atoms with E-state index in [1.54, 1.807) is 24.3 Å². The Hall–Kier alpha value is -3.75. The summed E-state index contributed by atoms with van der Waals surface area (Å²) >= 11 is 0. The number of aromatic nitrogens is 4. The van der Waals surface area contributed by atoms with Crippen LogP contribution in [0.3, 0.4) is 0 Å². The molecule has 0 saturated carbocycles. The molecule has 3 aromatic rings. The molecule has 0 bridgehead atoms. The number of carboxylic acids is 1. The van der Waals surface area contributed by atoms with E-state index in [4.69, 9.17) is 10.8 Å². The molecule has 1 amide bonds. The molecule has 1 aromatic carbocycles. The molecule has 0 saturated heterocycles. The lowest BCUT2D eigenvalue weighted by molar-refractivity contribution is 0.0689. The Balaban J connectivity index is 1.93. The largest absolute Gasteiger partial charge is 0.476 e. The zero-order valence-corrected chi connectivity index (χ0v) is 12.2. The molecular weight excluding hydrogens is 312 g/mol. The predicted octanol–water partition coefficient (Wildman–Crippen LogP) is 1.19. The Bertz CT molecular complexity index is 921. The lowest BCUT2D eigenvalue weighted by Crippen LogP contribution is -2.18. The van der Waals surface area contributed by atoms with Gasteiger partial charge in [-0.2, -0.15) is 5.10 Å². The number of anilines is 2. The number of hydrogen-bond acceptors (Lipinski definition) is 6. The van der Waals surface area contributed by atoms with Gasteiger partial charge in [0.25, 0.3) is 5.91 Å². The molecule has 9 heteroatoms. The highest BCUT2D eigenvalue weighted by atomic mass is 16.4. The van der Waals surface area contributed by atoms with Crippen LogP contribution in [0.15, 0.2) is 48.9 Å². The summed E-state index contributed by atoms with van der Waals surface area (Å²) < 4.78 is 1.36. The quantitative estimate of drug-likeness (QED) is 0.655. The number of carbonyl (C=O) groups excluding carboxylic acids is 1. The second kappa shape index (κ2) is 6.16. The SMILES string of the molecule is Nc1nccnc1C(=O)Nc1ccccc1-n1ccc(C(=O)O)n1. The van der Waals surface area contributed by atoms with E-state index in [9.17, 15) is 9.59 Å². The maximum absolute atomic E-state index is 12.3. The fourth-order valence-electron chi connectivity index (χ4n) is 2.06. The van der Waals surface area contributed by atoms with E-state index in [1.807, 2.05) is 0 Å². The third kappa shape index (κ3) is 2.90. The highest BCUT2D eigenvalue weighted by molar-refractivity contribution is 6.06. The van der Waals surface area contributed by atoms with Gasteiger partial charge in [0, 0.05) is 18.6 Å². The van der Waals surface area contributed by atoms with Crippen molar-refractivity contribution >= 4 is 23.4 Å². The number of carboxylic acid groups (broad SMARTS) is 1. The molecule has 0 aliphatic rings. The molecule has 0 spiro atoms. The van der Waals surface area contributed by atoms with Crippen molar-refractivity contribution in [2.75, 3.05) is 11.1 Å². The molecule has 0 unspecified atom stereocenters. The van der Waals surface area contributed by atoms with Crippen molar-refractivity contribution in [2.45, 2.75) is 0 Å². The first-order valence-corrected chi connectivity index (χ1v) is 6.82. The molecule has 0 aliphatic heterocycles. The van der Waals surface area contributed by atoms with E-state index >= 15 is 0 Å². The summed E-state index contributed by atoms with van der Waals surface area (Å²) in [5.41, 5.74) is 6.46. The van der Waals surface area contributed by atoms with Gasteiger partial charge in [0.15, 0.2) is 17.2 Å². The monoisotopic (exact) mass is 324 g/mol. The molecule has 0 radical (unpaired) electrons. The summed E-state index contributed by atoms with van der Waals surface area (Å²) in [6.45, 7) is 0. The van der Waals surface area contributed by atoms with Crippen LogP contribution in [0.1, 0.15) is 21.0 Å². The lowest BCUT2D eigenvalue weighted by atomic mass is 10.2. The molecular formula is C15H12N6O3. The second-order valence-corrected chi connectivity index (χ2v) is 4.71. The van der Waals surface area contributed by atoms with Crippen LogP contribution in [0.5, 0.6) is 0 Å². The molecule has 4 N–H and O–H groups in total. The number of para-hydroxylation sites is 2. The Labute approximate surface area is 135 Å². The minimum atomic E-state index is -1.14. The standard InChI is InChI=1S/C15H12N6O3/c16-13-12(17-6-7-18-13)14(22)19-9-3-1-2-4-11(9)21-8-5-10(20-21)15(23)24/h1-8H,(H2,16,18)(H,19,22)(H,23,24). The average molecular weight is 324 g/mol. The Morgan fingerprint density at radius 1 is 1.12 bits per heavy atom. The van der Waals surface area contributed by atoms with Crippen LogP contribution in [0.2, 0.25) is 0 Å². The maximum Gasteiger partial charge on any atom is 0.356 e. The predicted molar refractivity (Wildman–Crippen MR) is 84.9 cm³/mol. The summed E-state index contributed by atoms with van der Waals surface area (Å²) in [5, 5.41) is 15.6. The number of carbonyl (C=O) groups is 2. The van der Waals surface area contributed by atoms with Gasteiger partial charge >= 0.3 is 5.97 Å². The van der Waals surface area contributed by atoms with Crippen LogP contribution in [0, 0.1) is 0 Å². The number of hydrogen-bond donors (Lipinski definition) is 3. The van der Waals surface area contributed by atoms with Crippen molar-refractivity contribution in [1.29, 1.82) is 0 Å². The van der Waals surface area contributed by atoms with Gasteiger partial charge in [-0.3, -0.25) is 4.79 Å². The van der Waals surface area contributed by atoms with Crippen LogP contribution >= 0.6 is 0 Å². The normalized spacial score (nSPS) is 10.3. The number of nitrogens with zero attached hydrogens (tertiary/aromatic N) is 4. The molecule has 120 valence electrons. The minimum absolute atomic E-state index is 0.000932. The summed E-state index contributed by atoms with van der Waals surface area (Å²) in [7, 11) is 0. The molecule has 2 aromatic heterocycles. The van der Waals surface area contributed by atoms with E-state index in [2.05, 4.69) is 20.4 Å². The Morgan fingerprint density at radius 2 is 1.88 bits per heavy atom. The zero-order chi connectivity index (χ0) is 17.1. The van der Waals surface area contributed by atoms with Crippen molar-refractivity contribution in [1.82, 2.24) is 19.7 Å². The van der Waals surface area contributed by atoms with Gasteiger partial charge in [-0.25, -0.2) is 19.4 Å². The Morgan fingerprint density at radius 3 is 2.58 bits per heavy atom. The van der Waals surface area contributed by atoms with Gasteiger partial charge in [0.1, 0.15) is 0 Å². The van der Waals surface area contributed by atoms with Crippen molar-refractivity contribution < 1.29 is 14.7 Å². The van der Waals surface area contributed by atoms with Gasteiger partial charge in [-0.05, 0) is 18.2 Å². The van der Waals surface area contributed by atoms with Crippen molar-refractivity contribution in [2.24, 2.45) is 0 Å². The fourth-order valence-corrected chi connectivity index (χ4v) is 2.06. The lowest BCUT2D eigenvalue weighted by Gasteiger charge is -2.11. The van der Waals surface area contributed by atoms with E-state index < -0.39 is 11.9 Å². The molecule has 0 atom stereocenters. The highest BCUT2D eigenvalue weighted by Crippen LogP contribution is 2.20. The fraction of sp³-hybridized carbons (Fsp3) is 0. The van der Waals surface area contributed by atoms with Gasteiger partial charge in [0.2, 0.25) is 0 Å². The number of rotatable bonds is 4. The summed E-state index contributed by atoms with van der Waals surface area (Å²) in [6.07, 6.45) is 4.24. The van der Waals surface area contributed by atoms with E-state index in [1.165, 1.54) is 29.3 Å². The molecule has 0 aliphatic carbocycles. The van der Waals surface area contributed by atoms with Crippen LogP contribution in [0.25, 0.3) is 5.69 Å². The Kier molecular flexibility index (Phi) is 3.89. The topological polar surface area (TPSA) is 136 Å². The van der Waals surface area contributed by atoms with E-state index in [0.717, 1.165) is 0 Å². The van der Waals surface area contributed by atoms with Crippen molar-refractivity contribution in [3.63, 3.8) is 0 Å². The number of amides is 1. The number of nitrogens with one attached hydrogen (secondary N) is 1. The number of nitrogen functional groups attached to an aromatic ring is 1. The smallest absolute Gasteiger partial charge is 0.356 e. The third-order valence-corrected chi connectivity index (χ3v) is 3.15. The summed E-state index contributed by atoms with van der Waals surface area (Å²) in [6, 6.07) is 8.17. The van der Waals surface area contributed by atoms with Gasteiger partial charge in [0.05, 0.1) is 11.4 Å². The number of nitrogens with two attached hydrogens (primary N) is 1. The molecule has 0 fully saturated rings. The first kappa shape index (κ1) is 15.2. The highest BCUT2D eigenvalue weighted by Gasteiger charge is 2.15. The van der Waals surface area contributed by atoms with Crippen molar-refractivity contribution in [3.8, 4) is 5.69 Å². The zero-order valence-electron chi connectivity index (χ0n) is 12.2.